The molecule has 2 aliphatic heterocycles. The van der Waals surface area contributed by atoms with Gasteiger partial charge in [0.2, 0.25) is 6.79 Å². The van der Waals surface area contributed by atoms with Crippen LogP contribution in [0.3, 0.4) is 0 Å². The number of anilines is 3. The molecule has 0 spiro atoms. The van der Waals surface area contributed by atoms with E-state index in [2.05, 4.69) is 10.0 Å². The molecular weight excluding hydrogens is 536 g/mol. The molecule has 0 atom stereocenters. The molecule has 0 aliphatic carbocycles. The van der Waals surface area contributed by atoms with Crippen molar-refractivity contribution in [1.82, 2.24) is 0 Å². The van der Waals surface area contributed by atoms with Crippen molar-refractivity contribution >= 4 is 39.1 Å². The molecule has 206 valence electrons. The molecule has 3 aromatic carbocycles. The number of carbonyl (C=O) groups is 1. The lowest BCUT2D eigenvalue weighted by Gasteiger charge is -2.30. The second kappa shape index (κ2) is 11.6. The molecule has 2 heterocycles. The summed E-state index contributed by atoms with van der Waals surface area (Å²) < 4.78 is 51.0. The fraction of sp³-hybridized carbons (Fsp3) is 0.214. The Morgan fingerprint density at radius 2 is 1.73 bits per heavy atom. The van der Waals surface area contributed by atoms with Crippen LogP contribution in [0.25, 0.3) is 6.08 Å². The van der Waals surface area contributed by atoms with Gasteiger partial charge in [0.1, 0.15) is 22.3 Å². The van der Waals surface area contributed by atoms with Crippen LogP contribution in [0.2, 0.25) is 0 Å². The lowest BCUT2D eigenvalue weighted by molar-refractivity contribution is -0.112. The van der Waals surface area contributed by atoms with E-state index in [-0.39, 0.29) is 22.9 Å². The molecule has 0 radical (unpaired) electrons. The minimum atomic E-state index is -4.08. The minimum Gasteiger partial charge on any atom is -0.497 e. The number of methoxy groups -OCH3 is 1. The van der Waals surface area contributed by atoms with Gasteiger partial charge in [0.05, 0.1) is 26.0 Å². The highest BCUT2D eigenvalue weighted by molar-refractivity contribution is 7.92. The molecule has 0 saturated carbocycles. The second-order valence-electron chi connectivity index (χ2n) is 8.85. The van der Waals surface area contributed by atoms with Gasteiger partial charge in [-0.2, -0.15) is 5.26 Å². The third kappa shape index (κ3) is 5.96. The molecule has 1 saturated heterocycles. The van der Waals surface area contributed by atoms with Crippen molar-refractivity contribution in [2.24, 2.45) is 0 Å². The molecule has 2 aliphatic rings. The maximum atomic E-state index is 13.6. The first-order valence-corrected chi connectivity index (χ1v) is 13.8. The molecular formula is C28H26N4O7S. The number of nitriles is 1. The second-order valence-corrected chi connectivity index (χ2v) is 10.5. The van der Waals surface area contributed by atoms with E-state index >= 15 is 0 Å². The number of sulfonamides is 1. The molecule has 1 amide bonds. The van der Waals surface area contributed by atoms with Gasteiger partial charge in [-0.15, -0.1) is 0 Å². The van der Waals surface area contributed by atoms with Crippen molar-refractivity contribution < 1.29 is 32.2 Å². The van der Waals surface area contributed by atoms with Gasteiger partial charge in [-0.1, -0.05) is 6.07 Å². The van der Waals surface area contributed by atoms with Crippen LogP contribution in [-0.4, -0.2) is 54.5 Å². The Morgan fingerprint density at radius 3 is 2.45 bits per heavy atom. The highest BCUT2D eigenvalue weighted by Gasteiger charge is 2.25. The van der Waals surface area contributed by atoms with Crippen LogP contribution in [0.5, 0.6) is 17.2 Å². The van der Waals surface area contributed by atoms with Gasteiger partial charge in [-0.05, 0) is 66.2 Å². The van der Waals surface area contributed by atoms with E-state index in [0.29, 0.717) is 60.5 Å². The van der Waals surface area contributed by atoms with Gasteiger partial charge in [0, 0.05) is 24.5 Å². The normalized spacial score (nSPS) is 14.8. The molecule has 0 aromatic heterocycles. The SMILES string of the molecule is COc1ccc(NS(=O)(=O)c2cc(NC(=O)C(C#N)=Cc3ccc4c(c3)OCO4)ccc2N2CCOCC2)cc1. The number of rotatable bonds is 8. The zero-order chi connectivity index (χ0) is 28.1. The maximum absolute atomic E-state index is 13.6. The van der Waals surface area contributed by atoms with Crippen LogP contribution in [0.1, 0.15) is 5.56 Å². The summed E-state index contributed by atoms with van der Waals surface area (Å²) in [4.78, 5) is 14.9. The molecule has 0 unspecified atom stereocenters. The van der Waals surface area contributed by atoms with E-state index in [1.807, 2.05) is 11.0 Å². The summed E-state index contributed by atoms with van der Waals surface area (Å²) in [7, 11) is -2.56. The summed E-state index contributed by atoms with van der Waals surface area (Å²) in [5, 5.41) is 12.3. The zero-order valence-corrected chi connectivity index (χ0v) is 22.4. The number of fused-ring (bicyclic) bond motifs is 1. The van der Waals surface area contributed by atoms with Gasteiger partial charge in [-0.25, -0.2) is 8.42 Å². The molecule has 2 N–H and O–H groups in total. The molecule has 12 heteroatoms. The highest BCUT2D eigenvalue weighted by Crippen LogP contribution is 2.34. The number of nitrogens with zero attached hydrogens (tertiary/aromatic N) is 2. The topological polar surface area (TPSA) is 139 Å². The quantitative estimate of drug-likeness (QED) is 0.311. The summed E-state index contributed by atoms with van der Waals surface area (Å²) in [6.45, 7) is 2.04. The molecule has 11 nitrogen and oxygen atoms in total. The smallest absolute Gasteiger partial charge is 0.266 e. The Balaban J connectivity index is 1.43. The molecule has 1 fully saturated rings. The number of amides is 1. The lowest BCUT2D eigenvalue weighted by Crippen LogP contribution is -2.37. The van der Waals surface area contributed by atoms with Gasteiger partial charge in [0.15, 0.2) is 11.5 Å². The van der Waals surface area contributed by atoms with Gasteiger partial charge in [0.25, 0.3) is 15.9 Å². The molecule has 5 rings (SSSR count). The van der Waals surface area contributed by atoms with Gasteiger partial charge >= 0.3 is 0 Å². The predicted octanol–water partition coefficient (Wildman–Crippen LogP) is 3.61. The molecule has 3 aromatic rings. The van der Waals surface area contributed by atoms with Crippen molar-refractivity contribution in [3.05, 3.63) is 71.8 Å². The Bertz CT molecular complexity index is 1590. The summed E-state index contributed by atoms with van der Waals surface area (Å²) in [5.74, 6) is 0.997. The average Bonchev–Trinajstić information content (AvgIpc) is 3.44. The number of nitrogens with one attached hydrogen (secondary N) is 2. The van der Waals surface area contributed by atoms with Crippen molar-refractivity contribution in [1.29, 1.82) is 5.26 Å². The standard InChI is InChI=1S/C28H26N4O7S/c1-36-23-6-3-21(4-7-23)31-40(34,35)27-16-22(5-8-24(27)32-10-12-37-13-11-32)30-28(33)20(17-29)14-19-2-9-25-26(15-19)39-18-38-25/h2-9,14-16,31H,10-13,18H2,1H3,(H,30,33). The van der Waals surface area contributed by atoms with Crippen LogP contribution >= 0.6 is 0 Å². The number of morpholine rings is 1. The summed E-state index contributed by atoms with van der Waals surface area (Å²) in [6.07, 6.45) is 1.42. The van der Waals surface area contributed by atoms with Gasteiger partial charge < -0.3 is 29.2 Å². The average molecular weight is 563 g/mol. The Labute approximate surface area is 231 Å². The van der Waals surface area contributed by atoms with Crippen LogP contribution in [0.15, 0.2) is 71.1 Å². The van der Waals surface area contributed by atoms with Crippen molar-refractivity contribution in [3.8, 4) is 23.3 Å². The van der Waals surface area contributed by atoms with Crippen molar-refractivity contribution in [2.45, 2.75) is 4.90 Å². The fourth-order valence-electron chi connectivity index (χ4n) is 4.26. The molecule has 0 bridgehead atoms. The number of carbonyl (C=O) groups excluding carboxylic acids is 1. The zero-order valence-electron chi connectivity index (χ0n) is 21.5. The number of benzene rings is 3. The summed E-state index contributed by atoms with van der Waals surface area (Å²) in [6, 6.07) is 18.1. The number of ether oxygens (including phenoxy) is 4. The summed E-state index contributed by atoms with van der Waals surface area (Å²) in [5.41, 5.74) is 1.44. The highest BCUT2D eigenvalue weighted by atomic mass is 32.2. The van der Waals surface area contributed by atoms with Crippen LogP contribution in [0, 0.1) is 11.3 Å². The maximum Gasteiger partial charge on any atom is 0.266 e. The minimum absolute atomic E-state index is 0.0266. The third-order valence-electron chi connectivity index (χ3n) is 6.27. The number of hydrogen-bond acceptors (Lipinski definition) is 9. The van der Waals surface area contributed by atoms with E-state index in [9.17, 15) is 18.5 Å². The van der Waals surface area contributed by atoms with Crippen molar-refractivity contribution in [3.63, 3.8) is 0 Å². The van der Waals surface area contributed by atoms with Crippen LogP contribution < -0.4 is 29.1 Å². The monoisotopic (exact) mass is 562 g/mol. The lowest BCUT2D eigenvalue weighted by atomic mass is 10.1. The molecule has 40 heavy (non-hydrogen) atoms. The van der Waals surface area contributed by atoms with E-state index in [4.69, 9.17) is 18.9 Å². The largest absolute Gasteiger partial charge is 0.497 e. The van der Waals surface area contributed by atoms with E-state index in [1.165, 1.54) is 19.3 Å². The Kier molecular flexibility index (Phi) is 7.77. The first-order valence-electron chi connectivity index (χ1n) is 12.3. The van der Waals surface area contributed by atoms with Crippen LogP contribution in [-0.2, 0) is 19.6 Å². The van der Waals surface area contributed by atoms with E-state index in [1.54, 1.807) is 54.6 Å². The Hall–Kier alpha value is -4.73. The first-order chi connectivity index (χ1) is 19.4. The predicted molar refractivity (Wildman–Crippen MR) is 148 cm³/mol. The van der Waals surface area contributed by atoms with E-state index < -0.39 is 15.9 Å². The van der Waals surface area contributed by atoms with E-state index in [0.717, 1.165) is 0 Å². The first kappa shape index (κ1) is 26.9. The summed E-state index contributed by atoms with van der Waals surface area (Å²) >= 11 is 0. The van der Waals surface area contributed by atoms with Crippen molar-refractivity contribution in [2.75, 3.05) is 55.1 Å². The number of hydrogen-bond donors (Lipinski definition) is 2. The fourth-order valence-corrected chi connectivity index (χ4v) is 5.57. The Morgan fingerprint density at radius 1 is 1.00 bits per heavy atom. The van der Waals surface area contributed by atoms with Gasteiger partial charge in [-0.3, -0.25) is 9.52 Å². The van der Waals surface area contributed by atoms with Crippen LogP contribution in [0.4, 0.5) is 17.1 Å². The third-order valence-corrected chi connectivity index (χ3v) is 7.68.